The molecule has 0 heterocycles. The molecule has 0 spiro atoms. The van der Waals surface area contributed by atoms with Crippen molar-refractivity contribution in [2.45, 2.75) is 52.6 Å². The topological polar surface area (TPSA) is 0 Å². The number of unbranched alkanes of at least 4 members (excludes halogenated alkanes) is 3. The molecule has 0 nitrogen and oxygen atoms in total. The highest BCUT2D eigenvalue weighted by atomic mass is 13.9. The van der Waals surface area contributed by atoms with Crippen LogP contribution < -0.4 is 0 Å². The van der Waals surface area contributed by atoms with Crippen molar-refractivity contribution in [2.75, 3.05) is 0 Å². The van der Waals surface area contributed by atoms with E-state index < -0.39 is 0 Å². The van der Waals surface area contributed by atoms with Crippen molar-refractivity contribution >= 4 is 6.71 Å². The van der Waals surface area contributed by atoms with Crippen LogP contribution in [0.1, 0.15) is 32.6 Å². The van der Waals surface area contributed by atoms with Crippen molar-refractivity contribution in [1.82, 2.24) is 0 Å². The second-order valence-electron chi connectivity index (χ2n) is 3.24. The lowest BCUT2D eigenvalue weighted by Crippen LogP contribution is -1.97. The smallest absolute Gasteiger partial charge is 0.0863 e. The SMILES string of the molecule is CCCCCCB(C)C. The Hall–Kier alpha value is 0.0649. The molecule has 0 aromatic rings. The van der Waals surface area contributed by atoms with Crippen LogP contribution in [0, 0.1) is 0 Å². The van der Waals surface area contributed by atoms with Gasteiger partial charge in [0, 0.05) is 0 Å². The number of hydrogen-bond donors (Lipinski definition) is 0. The van der Waals surface area contributed by atoms with Gasteiger partial charge in [0.2, 0.25) is 0 Å². The highest BCUT2D eigenvalue weighted by Gasteiger charge is 1.95. The first-order valence-corrected chi connectivity index (χ1v) is 4.27. The van der Waals surface area contributed by atoms with Crippen molar-refractivity contribution < 1.29 is 0 Å². The molecule has 0 N–H and O–H groups in total. The summed E-state index contributed by atoms with van der Waals surface area (Å²) in [5.41, 5.74) is 0. The second-order valence-corrected chi connectivity index (χ2v) is 3.24. The van der Waals surface area contributed by atoms with E-state index in [4.69, 9.17) is 0 Å². The van der Waals surface area contributed by atoms with Crippen molar-refractivity contribution in [1.29, 1.82) is 0 Å². The molecule has 0 rings (SSSR count). The molecule has 1 heteroatoms. The summed E-state index contributed by atoms with van der Waals surface area (Å²) in [6.45, 7) is 7.76. The molecule has 54 valence electrons. The second kappa shape index (κ2) is 6.19. The minimum Gasteiger partial charge on any atom is -0.0863 e. The van der Waals surface area contributed by atoms with Crippen LogP contribution in [0.25, 0.3) is 0 Å². The van der Waals surface area contributed by atoms with Crippen molar-refractivity contribution in [3.05, 3.63) is 0 Å². The van der Waals surface area contributed by atoms with Crippen LogP contribution in [0.4, 0.5) is 0 Å². The van der Waals surface area contributed by atoms with Crippen LogP contribution in [0.2, 0.25) is 20.0 Å². The summed E-state index contributed by atoms with van der Waals surface area (Å²) in [6.07, 6.45) is 7.07. The largest absolute Gasteiger partial charge is 0.133 e. The van der Waals surface area contributed by atoms with Gasteiger partial charge in [-0.15, -0.1) is 0 Å². The van der Waals surface area contributed by atoms with Gasteiger partial charge in [-0.1, -0.05) is 52.6 Å². The molecule has 0 radical (unpaired) electrons. The Morgan fingerprint density at radius 3 is 2.11 bits per heavy atom. The molecule has 9 heavy (non-hydrogen) atoms. The van der Waals surface area contributed by atoms with E-state index in [2.05, 4.69) is 20.6 Å². The summed E-state index contributed by atoms with van der Waals surface area (Å²) in [6, 6.07) is 0. The Morgan fingerprint density at radius 2 is 1.67 bits per heavy atom. The number of hydrogen-bond acceptors (Lipinski definition) is 0. The molecule has 0 aromatic heterocycles. The quantitative estimate of drug-likeness (QED) is 0.391. The summed E-state index contributed by atoms with van der Waals surface area (Å²) >= 11 is 0. The molecule has 0 aliphatic rings. The first-order valence-electron chi connectivity index (χ1n) is 4.27. The molecular weight excluding hydrogens is 107 g/mol. The summed E-state index contributed by atoms with van der Waals surface area (Å²) in [4.78, 5) is 0. The highest BCUT2D eigenvalue weighted by Crippen LogP contribution is 2.05. The maximum absolute atomic E-state index is 2.30. The zero-order valence-corrected chi connectivity index (χ0v) is 7.11. The predicted molar refractivity (Wildman–Crippen MR) is 46.4 cm³/mol. The molecule has 0 bridgehead atoms. The first kappa shape index (κ1) is 9.06. The van der Waals surface area contributed by atoms with Crippen LogP contribution in [0.3, 0.4) is 0 Å². The first-order chi connectivity index (χ1) is 4.27. The van der Waals surface area contributed by atoms with Gasteiger partial charge in [-0.2, -0.15) is 0 Å². The molecule has 0 atom stereocenters. The van der Waals surface area contributed by atoms with Crippen LogP contribution >= 0.6 is 0 Å². The summed E-state index contributed by atoms with van der Waals surface area (Å²) in [5, 5.41) is 0. The zero-order valence-electron chi connectivity index (χ0n) is 7.11. The zero-order chi connectivity index (χ0) is 7.11. The fourth-order valence-electron chi connectivity index (χ4n) is 0.979. The minimum absolute atomic E-state index is 0.904. The van der Waals surface area contributed by atoms with Crippen LogP contribution in [-0.4, -0.2) is 6.71 Å². The van der Waals surface area contributed by atoms with Gasteiger partial charge >= 0.3 is 0 Å². The fraction of sp³-hybridized carbons (Fsp3) is 1.00. The van der Waals surface area contributed by atoms with Gasteiger partial charge in [-0.05, 0) is 0 Å². The van der Waals surface area contributed by atoms with Crippen LogP contribution in [0.5, 0.6) is 0 Å². The van der Waals surface area contributed by atoms with Crippen LogP contribution in [-0.2, 0) is 0 Å². The van der Waals surface area contributed by atoms with Crippen molar-refractivity contribution in [3.63, 3.8) is 0 Å². The standard InChI is InChI=1S/C8H19B/c1-4-5-6-7-8-9(2)3/h4-8H2,1-3H3. The Balaban J connectivity index is 2.75. The summed E-state index contributed by atoms with van der Waals surface area (Å²) < 4.78 is 0. The van der Waals surface area contributed by atoms with E-state index >= 15 is 0 Å². The lowest BCUT2D eigenvalue weighted by Gasteiger charge is -1.98. The molecule has 0 unspecified atom stereocenters. The molecule has 0 saturated carbocycles. The van der Waals surface area contributed by atoms with Gasteiger partial charge in [0.15, 0.2) is 0 Å². The molecule has 0 amide bonds. The average molecular weight is 126 g/mol. The lowest BCUT2D eigenvalue weighted by atomic mass is 9.51. The van der Waals surface area contributed by atoms with E-state index in [1.165, 1.54) is 32.0 Å². The van der Waals surface area contributed by atoms with Gasteiger partial charge in [0.05, 0.1) is 0 Å². The van der Waals surface area contributed by atoms with Gasteiger partial charge in [-0.25, -0.2) is 0 Å². The van der Waals surface area contributed by atoms with Gasteiger partial charge < -0.3 is 0 Å². The molecule has 0 aliphatic carbocycles. The van der Waals surface area contributed by atoms with Crippen molar-refractivity contribution in [2.24, 2.45) is 0 Å². The van der Waals surface area contributed by atoms with E-state index in [-0.39, 0.29) is 0 Å². The lowest BCUT2D eigenvalue weighted by molar-refractivity contribution is 0.699. The molecule has 0 saturated heterocycles. The minimum atomic E-state index is 0.904. The molecule has 0 aliphatic heterocycles. The fourth-order valence-corrected chi connectivity index (χ4v) is 0.979. The van der Waals surface area contributed by atoms with Crippen LogP contribution in [0.15, 0.2) is 0 Å². The van der Waals surface area contributed by atoms with E-state index in [0.29, 0.717) is 0 Å². The average Bonchev–Trinajstić information content (AvgIpc) is 1.80. The Kier molecular flexibility index (Phi) is 6.23. The third kappa shape index (κ3) is 8.06. The third-order valence-electron chi connectivity index (χ3n) is 1.64. The van der Waals surface area contributed by atoms with E-state index in [1.807, 2.05) is 0 Å². The predicted octanol–water partition coefficient (Wildman–Crippen LogP) is 3.32. The van der Waals surface area contributed by atoms with E-state index in [1.54, 1.807) is 0 Å². The Bertz CT molecular complexity index is 50.5. The van der Waals surface area contributed by atoms with Gasteiger partial charge in [-0.3, -0.25) is 0 Å². The normalized spacial score (nSPS) is 9.67. The van der Waals surface area contributed by atoms with Crippen molar-refractivity contribution in [3.8, 4) is 0 Å². The molecule has 0 aromatic carbocycles. The third-order valence-corrected chi connectivity index (χ3v) is 1.64. The monoisotopic (exact) mass is 126 g/mol. The van der Waals surface area contributed by atoms with Gasteiger partial charge in [0.25, 0.3) is 0 Å². The number of rotatable bonds is 5. The van der Waals surface area contributed by atoms with E-state index in [0.717, 1.165) is 6.71 Å². The van der Waals surface area contributed by atoms with E-state index in [9.17, 15) is 0 Å². The summed E-state index contributed by atoms with van der Waals surface area (Å²) in [5.74, 6) is 0. The Labute approximate surface area is 60.1 Å². The molecular formula is C8H19B. The molecule has 0 fully saturated rings. The van der Waals surface area contributed by atoms with Gasteiger partial charge in [0.1, 0.15) is 6.71 Å². The highest BCUT2D eigenvalue weighted by molar-refractivity contribution is 6.55. The maximum Gasteiger partial charge on any atom is 0.133 e. The Morgan fingerprint density at radius 1 is 1.00 bits per heavy atom. The maximum atomic E-state index is 2.30. The summed E-state index contributed by atoms with van der Waals surface area (Å²) in [7, 11) is 0.